The number of fused-ring (bicyclic) bond motifs is 1. The minimum atomic E-state index is 0.225. The van der Waals surface area contributed by atoms with Crippen LogP contribution in [0.1, 0.15) is 18.9 Å². The minimum absolute atomic E-state index is 0.225. The van der Waals surface area contributed by atoms with E-state index in [1.54, 1.807) is 0 Å². The van der Waals surface area contributed by atoms with Crippen molar-refractivity contribution >= 4 is 11.2 Å². The van der Waals surface area contributed by atoms with Gasteiger partial charge in [-0.05, 0) is 31.4 Å². The van der Waals surface area contributed by atoms with Crippen molar-refractivity contribution in [3.05, 3.63) is 17.8 Å². The van der Waals surface area contributed by atoms with Crippen LogP contribution in [0.25, 0.3) is 11.2 Å². The van der Waals surface area contributed by atoms with Gasteiger partial charge < -0.3 is 5.73 Å². The van der Waals surface area contributed by atoms with Gasteiger partial charge in [0.2, 0.25) is 5.65 Å². The lowest BCUT2D eigenvalue weighted by Crippen LogP contribution is -2.15. The van der Waals surface area contributed by atoms with Crippen LogP contribution in [0.5, 0.6) is 0 Å². The Morgan fingerprint density at radius 1 is 1.50 bits per heavy atom. The highest BCUT2D eigenvalue weighted by atomic mass is 15.3. The van der Waals surface area contributed by atoms with Crippen LogP contribution in [-0.4, -0.2) is 26.4 Å². The Morgan fingerprint density at radius 3 is 3.14 bits per heavy atom. The van der Waals surface area contributed by atoms with Crippen LogP contribution < -0.4 is 5.73 Å². The highest BCUT2D eigenvalue weighted by molar-refractivity contribution is 5.68. The van der Waals surface area contributed by atoms with Crippen LogP contribution in [0, 0.1) is 0 Å². The van der Waals surface area contributed by atoms with Crippen LogP contribution in [0.3, 0.4) is 0 Å². The number of nitrogens with two attached hydrogens (primary N) is 1. The van der Waals surface area contributed by atoms with E-state index in [0.29, 0.717) is 5.65 Å². The number of H-pyrrole nitrogens is 1. The molecule has 1 atom stereocenters. The summed E-state index contributed by atoms with van der Waals surface area (Å²) in [6, 6.07) is 2.22. The van der Waals surface area contributed by atoms with E-state index in [1.165, 1.54) is 0 Å². The summed E-state index contributed by atoms with van der Waals surface area (Å²) >= 11 is 0. The second kappa shape index (κ2) is 3.71. The van der Waals surface area contributed by atoms with E-state index in [4.69, 9.17) is 5.73 Å². The molecule has 74 valence electrons. The van der Waals surface area contributed by atoms with Crippen LogP contribution in [0.15, 0.2) is 12.3 Å². The summed E-state index contributed by atoms with van der Waals surface area (Å²) in [5, 5.41) is 10.4. The third kappa shape index (κ3) is 1.88. The lowest BCUT2D eigenvalue weighted by Gasteiger charge is -2.03. The van der Waals surface area contributed by atoms with Gasteiger partial charge in [-0.15, -0.1) is 5.10 Å². The van der Waals surface area contributed by atoms with Gasteiger partial charge in [-0.1, -0.05) is 0 Å². The molecule has 0 saturated heterocycles. The number of nitrogens with one attached hydrogen (secondary N) is 1. The zero-order valence-corrected chi connectivity index (χ0v) is 8.07. The van der Waals surface area contributed by atoms with Gasteiger partial charge in [-0.25, -0.2) is 4.98 Å². The predicted octanol–water partition coefficient (Wildman–Crippen LogP) is 0.633. The lowest BCUT2D eigenvalue weighted by atomic mass is 10.1. The molecule has 0 bridgehead atoms. The number of aromatic amines is 1. The zero-order chi connectivity index (χ0) is 9.97. The molecular weight excluding hydrogens is 178 g/mol. The van der Waals surface area contributed by atoms with Gasteiger partial charge >= 0.3 is 0 Å². The fourth-order valence-electron chi connectivity index (χ4n) is 1.31. The SMILES string of the molecule is C[C@@H](N)CCc1cnc2n[nH]nc2c1. The number of hydrogen-bond donors (Lipinski definition) is 2. The number of pyridine rings is 1. The lowest BCUT2D eigenvalue weighted by molar-refractivity contribution is 0.665. The molecule has 2 aromatic rings. The van der Waals surface area contributed by atoms with Crippen LogP contribution in [0.4, 0.5) is 0 Å². The molecule has 14 heavy (non-hydrogen) atoms. The Kier molecular flexibility index (Phi) is 2.41. The van der Waals surface area contributed by atoms with Crippen molar-refractivity contribution in [2.45, 2.75) is 25.8 Å². The zero-order valence-electron chi connectivity index (χ0n) is 8.07. The van der Waals surface area contributed by atoms with Gasteiger partial charge in [0.05, 0.1) is 0 Å². The molecule has 0 aliphatic carbocycles. The molecule has 5 nitrogen and oxygen atoms in total. The third-order valence-corrected chi connectivity index (χ3v) is 2.12. The quantitative estimate of drug-likeness (QED) is 0.745. The van der Waals surface area contributed by atoms with Gasteiger partial charge in [-0.2, -0.15) is 10.3 Å². The van der Waals surface area contributed by atoms with Crippen LogP contribution in [-0.2, 0) is 6.42 Å². The maximum absolute atomic E-state index is 5.68. The van der Waals surface area contributed by atoms with E-state index in [-0.39, 0.29) is 6.04 Å². The summed E-state index contributed by atoms with van der Waals surface area (Å²) in [5.41, 5.74) is 8.31. The average Bonchev–Trinajstić information content (AvgIpc) is 2.61. The maximum atomic E-state index is 5.68. The Labute approximate surface area is 81.7 Å². The standard InChI is InChI=1S/C9H13N5/c1-6(10)2-3-7-4-8-9(11-5-7)13-14-12-8/h4-6H,2-3,10H2,1H3,(H,11,12,13,14)/t6-/m1/s1. The smallest absolute Gasteiger partial charge is 0.201 e. The Hall–Kier alpha value is -1.49. The molecular formula is C9H13N5. The van der Waals surface area contributed by atoms with Gasteiger partial charge in [0.15, 0.2) is 0 Å². The van der Waals surface area contributed by atoms with Gasteiger partial charge in [0.1, 0.15) is 5.52 Å². The predicted molar refractivity (Wildman–Crippen MR) is 53.7 cm³/mol. The molecule has 0 fully saturated rings. The number of aryl methyl sites for hydroxylation is 1. The van der Waals surface area contributed by atoms with Crippen molar-refractivity contribution in [2.75, 3.05) is 0 Å². The molecule has 0 aliphatic heterocycles. The van der Waals surface area contributed by atoms with Crippen molar-refractivity contribution < 1.29 is 0 Å². The largest absolute Gasteiger partial charge is 0.328 e. The Morgan fingerprint density at radius 2 is 2.36 bits per heavy atom. The first-order valence-corrected chi connectivity index (χ1v) is 4.66. The molecule has 5 heteroatoms. The first kappa shape index (κ1) is 9.08. The molecule has 0 aliphatic rings. The molecule has 2 aromatic heterocycles. The fraction of sp³-hybridized carbons (Fsp3) is 0.444. The average molecular weight is 191 g/mol. The normalized spacial score (nSPS) is 13.3. The van der Waals surface area contributed by atoms with Crippen molar-refractivity contribution in [2.24, 2.45) is 5.73 Å². The summed E-state index contributed by atoms with van der Waals surface area (Å²) in [4.78, 5) is 4.17. The number of rotatable bonds is 3. The van der Waals surface area contributed by atoms with Crippen LogP contribution in [0.2, 0.25) is 0 Å². The van der Waals surface area contributed by atoms with Crippen LogP contribution >= 0.6 is 0 Å². The second-order valence-corrected chi connectivity index (χ2v) is 3.53. The van der Waals surface area contributed by atoms with E-state index in [0.717, 1.165) is 23.9 Å². The summed E-state index contributed by atoms with van der Waals surface area (Å²) in [6.07, 6.45) is 3.73. The first-order valence-electron chi connectivity index (χ1n) is 4.66. The topological polar surface area (TPSA) is 80.5 Å². The van der Waals surface area contributed by atoms with Gasteiger partial charge in [0, 0.05) is 12.2 Å². The van der Waals surface area contributed by atoms with E-state index in [2.05, 4.69) is 20.4 Å². The second-order valence-electron chi connectivity index (χ2n) is 3.53. The Bertz CT molecular complexity index is 420. The highest BCUT2D eigenvalue weighted by Crippen LogP contribution is 2.09. The molecule has 0 aromatic carbocycles. The van der Waals surface area contributed by atoms with Crippen molar-refractivity contribution in [1.29, 1.82) is 0 Å². The van der Waals surface area contributed by atoms with Gasteiger partial charge in [-0.3, -0.25) is 0 Å². The Balaban J connectivity index is 2.17. The summed E-state index contributed by atoms with van der Waals surface area (Å²) in [6.45, 7) is 2.00. The summed E-state index contributed by atoms with van der Waals surface area (Å²) < 4.78 is 0. The van der Waals surface area contributed by atoms with E-state index in [1.807, 2.05) is 19.2 Å². The molecule has 2 heterocycles. The third-order valence-electron chi connectivity index (χ3n) is 2.12. The maximum Gasteiger partial charge on any atom is 0.201 e. The van der Waals surface area contributed by atoms with Crippen molar-refractivity contribution in [1.82, 2.24) is 20.4 Å². The molecule has 0 spiro atoms. The first-order chi connectivity index (χ1) is 6.75. The number of nitrogens with zero attached hydrogens (tertiary/aromatic N) is 3. The fourth-order valence-corrected chi connectivity index (χ4v) is 1.31. The monoisotopic (exact) mass is 191 g/mol. The van der Waals surface area contributed by atoms with Crippen molar-refractivity contribution in [3.8, 4) is 0 Å². The number of hydrogen-bond acceptors (Lipinski definition) is 4. The van der Waals surface area contributed by atoms with E-state index < -0.39 is 0 Å². The summed E-state index contributed by atoms with van der Waals surface area (Å²) in [5.74, 6) is 0. The molecule has 0 saturated carbocycles. The minimum Gasteiger partial charge on any atom is -0.328 e. The molecule has 0 radical (unpaired) electrons. The number of aromatic nitrogens is 4. The molecule has 0 amide bonds. The highest BCUT2D eigenvalue weighted by Gasteiger charge is 2.02. The van der Waals surface area contributed by atoms with E-state index in [9.17, 15) is 0 Å². The van der Waals surface area contributed by atoms with E-state index >= 15 is 0 Å². The molecule has 3 N–H and O–H groups in total. The molecule has 0 unspecified atom stereocenters. The molecule has 2 rings (SSSR count). The summed E-state index contributed by atoms with van der Waals surface area (Å²) in [7, 11) is 0. The van der Waals surface area contributed by atoms with Gasteiger partial charge in [0.25, 0.3) is 0 Å². The van der Waals surface area contributed by atoms with Crippen molar-refractivity contribution in [3.63, 3.8) is 0 Å².